The van der Waals surface area contributed by atoms with Gasteiger partial charge in [-0.15, -0.1) is 0 Å². The van der Waals surface area contributed by atoms with Crippen LogP contribution in [-0.4, -0.2) is 16.3 Å². The van der Waals surface area contributed by atoms with Gasteiger partial charge in [0.1, 0.15) is 0 Å². The van der Waals surface area contributed by atoms with E-state index in [1.54, 1.807) is 16.3 Å². The summed E-state index contributed by atoms with van der Waals surface area (Å²) >= 11 is 1.57. The molecule has 1 aromatic heterocycles. The van der Waals surface area contributed by atoms with Crippen LogP contribution in [0.2, 0.25) is 0 Å². The zero-order chi connectivity index (χ0) is 18.1. The molecule has 2 heterocycles. The van der Waals surface area contributed by atoms with Gasteiger partial charge in [-0.05, 0) is 35.7 Å². The standard InChI is InChI=1S/C20H20N2O3S/c1-13(2)10-22-19(23)15-5-3-4-6-16(15)21-20(22)26-11-14-7-8-17-18(9-14)25-12-24-17/h3-9,13H,10-12H2,1-2H3. The van der Waals surface area contributed by atoms with E-state index in [-0.39, 0.29) is 12.4 Å². The summed E-state index contributed by atoms with van der Waals surface area (Å²) in [5.41, 5.74) is 1.88. The van der Waals surface area contributed by atoms with E-state index in [0.29, 0.717) is 23.6 Å². The fourth-order valence-electron chi connectivity index (χ4n) is 2.96. The third kappa shape index (κ3) is 3.29. The summed E-state index contributed by atoms with van der Waals surface area (Å²) in [6.07, 6.45) is 0. The second-order valence-electron chi connectivity index (χ2n) is 6.70. The lowest BCUT2D eigenvalue weighted by Crippen LogP contribution is -2.25. The zero-order valence-corrected chi connectivity index (χ0v) is 15.6. The number of aromatic nitrogens is 2. The monoisotopic (exact) mass is 368 g/mol. The molecule has 0 amide bonds. The van der Waals surface area contributed by atoms with Gasteiger partial charge < -0.3 is 9.47 Å². The van der Waals surface area contributed by atoms with Crippen LogP contribution in [0.25, 0.3) is 10.9 Å². The molecular weight excluding hydrogens is 348 g/mol. The van der Waals surface area contributed by atoms with E-state index in [1.807, 2.05) is 42.5 Å². The van der Waals surface area contributed by atoms with Gasteiger partial charge in [0.2, 0.25) is 6.79 Å². The minimum Gasteiger partial charge on any atom is -0.454 e. The molecule has 0 fully saturated rings. The largest absolute Gasteiger partial charge is 0.454 e. The first kappa shape index (κ1) is 17.0. The summed E-state index contributed by atoms with van der Waals surface area (Å²) in [6, 6.07) is 13.5. The van der Waals surface area contributed by atoms with E-state index in [4.69, 9.17) is 14.5 Å². The number of ether oxygens (including phenoxy) is 2. The third-order valence-corrected chi connectivity index (χ3v) is 5.23. The molecule has 134 valence electrons. The first-order chi connectivity index (χ1) is 12.6. The molecule has 0 saturated heterocycles. The van der Waals surface area contributed by atoms with Crippen LogP contribution >= 0.6 is 11.8 Å². The van der Waals surface area contributed by atoms with Crippen molar-refractivity contribution < 1.29 is 9.47 Å². The van der Waals surface area contributed by atoms with Crippen molar-refractivity contribution in [1.29, 1.82) is 0 Å². The van der Waals surface area contributed by atoms with Crippen molar-refractivity contribution in [3.63, 3.8) is 0 Å². The molecule has 26 heavy (non-hydrogen) atoms. The van der Waals surface area contributed by atoms with Crippen molar-refractivity contribution >= 4 is 22.7 Å². The Hall–Kier alpha value is -2.47. The van der Waals surface area contributed by atoms with Crippen LogP contribution in [0.5, 0.6) is 11.5 Å². The Bertz CT molecular complexity index is 1010. The van der Waals surface area contributed by atoms with Gasteiger partial charge in [0.05, 0.1) is 10.9 Å². The maximum atomic E-state index is 12.9. The molecular formula is C20H20N2O3S. The number of benzene rings is 2. The molecule has 1 aliphatic heterocycles. The molecule has 3 aromatic rings. The predicted molar refractivity (Wildman–Crippen MR) is 103 cm³/mol. The Balaban J connectivity index is 1.67. The topological polar surface area (TPSA) is 53.4 Å². The molecule has 0 radical (unpaired) electrons. The van der Waals surface area contributed by atoms with Crippen molar-refractivity contribution in [2.45, 2.75) is 31.3 Å². The Morgan fingerprint density at radius 2 is 1.96 bits per heavy atom. The molecule has 0 N–H and O–H groups in total. The van der Waals surface area contributed by atoms with Gasteiger partial charge in [-0.25, -0.2) is 4.98 Å². The van der Waals surface area contributed by atoms with Crippen molar-refractivity contribution in [3.05, 3.63) is 58.4 Å². The summed E-state index contributed by atoms with van der Waals surface area (Å²) in [7, 11) is 0. The molecule has 0 unspecified atom stereocenters. The predicted octanol–water partition coefficient (Wildman–Crippen LogP) is 4.07. The molecule has 0 aliphatic carbocycles. The maximum Gasteiger partial charge on any atom is 0.262 e. The summed E-state index contributed by atoms with van der Waals surface area (Å²) < 4.78 is 12.6. The van der Waals surface area contributed by atoms with Crippen LogP contribution in [0.4, 0.5) is 0 Å². The summed E-state index contributed by atoms with van der Waals surface area (Å²) in [5.74, 6) is 2.62. The van der Waals surface area contributed by atoms with Crippen LogP contribution in [0.15, 0.2) is 52.4 Å². The minimum absolute atomic E-state index is 0.0255. The van der Waals surface area contributed by atoms with E-state index in [9.17, 15) is 4.79 Å². The number of hydrogen-bond acceptors (Lipinski definition) is 5. The normalized spacial score (nSPS) is 12.9. The molecule has 2 aromatic carbocycles. The Morgan fingerprint density at radius 3 is 2.81 bits per heavy atom. The van der Waals surface area contributed by atoms with Crippen LogP contribution in [0.3, 0.4) is 0 Å². The zero-order valence-electron chi connectivity index (χ0n) is 14.8. The highest BCUT2D eigenvalue weighted by Crippen LogP contribution is 2.34. The Kier molecular flexibility index (Phi) is 4.59. The molecule has 0 bridgehead atoms. The van der Waals surface area contributed by atoms with Crippen molar-refractivity contribution in [3.8, 4) is 11.5 Å². The summed E-state index contributed by atoms with van der Waals surface area (Å²) in [5, 5.41) is 1.42. The second kappa shape index (κ2) is 7.03. The highest BCUT2D eigenvalue weighted by atomic mass is 32.2. The van der Waals surface area contributed by atoms with Crippen LogP contribution in [0, 0.1) is 5.92 Å². The SMILES string of the molecule is CC(C)Cn1c(SCc2ccc3c(c2)OCO3)nc2ccccc2c1=O. The quantitative estimate of drug-likeness (QED) is 0.502. The number of rotatable bonds is 5. The number of hydrogen-bond donors (Lipinski definition) is 0. The van der Waals surface area contributed by atoms with Crippen LogP contribution in [-0.2, 0) is 12.3 Å². The highest BCUT2D eigenvalue weighted by Gasteiger charge is 2.15. The van der Waals surface area contributed by atoms with Crippen LogP contribution in [0.1, 0.15) is 19.4 Å². The van der Waals surface area contributed by atoms with Gasteiger partial charge in [-0.1, -0.05) is 43.8 Å². The molecule has 0 atom stereocenters. The molecule has 0 saturated carbocycles. The van der Waals surface area contributed by atoms with Crippen molar-refractivity contribution in [1.82, 2.24) is 9.55 Å². The molecule has 4 rings (SSSR count). The average Bonchev–Trinajstić information content (AvgIpc) is 3.10. The lowest BCUT2D eigenvalue weighted by molar-refractivity contribution is 0.174. The van der Waals surface area contributed by atoms with Gasteiger partial charge in [-0.3, -0.25) is 9.36 Å². The molecule has 5 nitrogen and oxygen atoms in total. The van der Waals surface area contributed by atoms with E-state index in [2.05, 4.69) is 13.8 Å². The number of thioether (sulfide) groups is 1. The maximum absolute atomic E-state index is 12.9. The Morgan fingerprint density at radius 1 is 1.15 bits per heavy atom. The minimum atomic E-state index is 0.0255. The van der Waals surface area contributed by atoms with Gasteiger partial charge in [0.15, 0.2) is 16.7 Å². The summed E-state index contributed by atoms with van der Waals surface area (Å²) in [4.78, 5) is 17.7. The molecule has 1 aliphatic rings. The average molecular weight is 368 g/mol. The van der Waals surface area contributed by atoms with Crippen molar-refractivity contribution in [2.24, 2.45) is 5.92 Å². The summed E-state index contributed by atoms with van der Waals surface area (Å²) in [6.45, 7) is 5.13. The fourth-order valence-corrected chi connectivity index (χ4v) is 3.91. The van der Waals surface area contributed by atoms with Gasteiger partial charge in [0.25, 0.3) is 5.56 Å². The Labute approximate surface area is 156 Å². The molecule has 6 heteroatoms. The first-order valence-electron chi connectivity index (χ1n) is 8.63. The van der Waals surface area contributed by atoms with Gasteiger partial charge in [0, 0.05) is 12.3 Å². The van der Waals surface area contributed by atoms with Gasteiger partial charge in [-0.2, -0.15) is 0 Å². The first-order valence-corrected chi connectivity index (χ1v) is 9.61. The third-order valence-electron chi connectivity index (χ3n) is 4.18. The fraction of sp³-hybridized carbons (Fsp3) is 0.300. The van der Waals surface area contributed by atoms with E-state index < -0.39 is 0 Å². The smallest absolute Gasteiger partial charge is 0.262 e. The lowest BCUT2D eigenvalue weighted by Gasteiger charge is -2.15. The van der Waals surface area contributed by atoms with E-state index in [1.165, 1.54) is 0 Å². The highest BCUT2D eigenvalue weighted by molar-refractivity contribution is 7.98. The molecule has 0 spiro atoms. The second-order valence-corrected chi connectivity index (χ2v) is 7.64. The van der Waals surface area contributed by atoms with Crippen LogP contribution < -0.4 is 15.0 Å². The number of nitrogens with zero attached hydrogens (tertiary/aromatic N) is 2. The lowest BCUT2D eigenvalue weighted by atomic mass is 10.2. The number of fused-ring (bicyclic) bond motifs is 2. The number of para-hydroxylation sites is 1. The van der Waals surface area contributed by atoms with Crippen molar-refractivity contribution in [2.75, 3.05) is 6.79 Å². The van der Waals surface area contributed by atoms with E-state index in [0.717, 1.165) is 27.7 Å². The van der Waals surface area contributed by atoms with E-state index >= 15 is 0 Å². The van der Waals surface area contributed by atoms with Gasteiger partial charge >= 0.3 is 0 Å².